The minimum absolute atomic E-state index is 0. The first-order valence-corrected chi connectivity index (χ1v) is 8.05. The highest BCUT2D eigenvalue weighted by atomic mass is 127. The first kappa shape index (κ1) is 18.9. The van der Waals surface area contributed by atoms with Gasteiger partial charge in [-0.15, -0.1) is 35.3 Å². The Morgan fingerprint density at radius 3 is 2.64 bits per heavy atom. The Morgan fingerprint density at radius 1 is 1.23 bits per heavy atom. The van der Waals surface area contributed by atoms with Crippen molar-refractivity contribution in [2.75, 3.05) is 13.6 Å². The molecule has 1 heterocycles. The molecule has 4 nitrogen and oxygen atoms in total. The van der Waals surface area contributed by atoms with E-state index < -0.39 is 0 Å². The largest absolute Gasteiger partial charge is 0.356 e. The summed E-state index contributed by atoms with van der Waals surface area (Å²) in [5, 5.41) is 7.72. The van der Waals surface area contributed by atoms with Crippen molar-refractivity contribution in [2.24, 2.45) is 4.99 Å². The lowest BCUT2D eigenvalue weighted by Crippen LogP contribution is -2.37. The molecule has 0 atom stereocenters. The van der Waals surface area contributed by atoms with Gasteiger partial charge in [0.2, 0.25) is 0 Å². The number of hydrogen-bond acceptors (Lipinski definition) is 3. The Hall–Kier alpha value is -1.15. The maximum Gasteiger partial charge on any atom is 0.191 e. The van der Waals surface area contributed by atoms with Crippen LogP contribution >= 0.6 is 35.3 Å². The fourth-order valence-corrected chi connectivity index (χ4v) is 2.75. The summed E-state index contributed by atoms with van der Waals surface area (Å²) in [7, 11) is 1.79. The van der Waals surface area contributed by atoms with Crippen molar-refractivity contribution in [1.82, 2.24) is 15.6 Å². The molecule has 1 aromatic carbocycles. The van der Waals surface area contributed by atoms with Crippen LogP contribution < -0.4 is 10.6 Å². The normalized spacial score (nSPS) is 10.9. The van der Waals surface area contributed by atoms with Crippen LogP contribution in [-0.2, 0) is 19.4 Å². The SMILES string of the molecule is CCc1cnc(CNC(=NC)NCCc2ccccc2)s1.I. The molecule has 0 radical (unpaired) electrons. The van der Waals surface area contributed by atoms with Crippen LogP contribution in [0.5, 0.6) is 0 Å². The Balaban J connectivity index is 0.00000242. The smallest absolute Gasteiger partial charge is 0.191 e. The van der Waals surface area contributed by atoms with E-state index in [2.05, 4.69) is 51.8 Å². The fraction of sp³-hybridized carbons (Fsp3) is 0.375. The van der Waals surface area contributed by atoms with E-state index in [4.69, 9.17) is 0 Å². The van der Waals surface area contributed by atoms with Gasteiger partial charge in [-0.3, -0.25) is 4.99 Å². The molecule has 0 aliphatic carbocycles. The van der Waals surface area contributed by atoms with Crippen molar-refractivity contribution in [2.45, 2.75) is 26.3 Å². The van der Waals surface area contributed by atoms with Crippen LogP contribution in [0.1, 0.15) is 22.4 Å². The van der Waals surface area contributed by atoms with Crippen LogP contribution in [0, 0.1) is 0 Å². The molecule has 2 N–H and O–H groups in total. The molecule has 0 aliphatic heterocycles. The number of aromatic nitrogens is 1. The molecule has 0 aliphatic rings. The predicted octanol–water partition coefficient (Wildman–Crippen LogP) is 3.23. The molecule has 0 saturated heterocycles. The zero-order valence-corrected chi connectivity index (χ0v) is 16.2. The van der Waals surface area contributed by atoms with Crippen LogP contribution in [0.4, 0.5) is 0 Å². The molecule has 1 aromatic heterocycles. The van der Waals surface area contributed by atoms with Crippen molar-refractivity contribution >= 4 is 41.3 Å². The third-order valence-corrected chi connectivity index (χ3v) is 4.27. The summed E-state index contributed by atoms with van der Waals surface area (Å²) in [6, 6.07) is 10.4. The molecular formula is C16H23IN4S. The van der Waals surface area contributed by atoms with E-state index in [1.54, 1.807) is 18.4 Å². The second-order valence-electron chi connectivity index (χ2n) is 4.66. The molecule has 0 spiro atoms. The standard InChI is InChI=1S/C16H22N4S.HI/c1-3-14-11-19-15(21-14)12-20-16(17-2)18-10-9-13-7-5-4-6-8-13;/h4-8,11H,3,9-10,12H2,1-2H3,(H2,17,18,20);1H. The molecule has 22 heavy (non-hydrogen) atoms. The third kappa shape index (κ3) is 6.31. The van der Waals surface area contributed by atoms with E-state index in [0.717, 1.165) is 36.9 Å². The van der Waals surface area contributed by atoms with Crippen molar-refractivity contribution in [1.29, 1.82) is 0 Å². The Bertz CT molecular complexity index is 569. The van der Waals surface area contributed by atoms with Gasteiger partial charge in [-0.1, -0.05) is 37.3 Å². The summed E-state index contributed by atoms with van der Waals surface area (Å²) in [4.78, 5) is 9.95. The zero-order valence-electron chi connectivity index (χ0n) is 13.0. The van der Waals surface area contributed by atoms with E-state index in [0.29, 0.717) is 0 Å². The van der Waals surface area contributed by atoms with Crippen molar-refractivity contribution in [3.63, 3.8) is 0 Å². The Kier molecular flexibility index (Phi) is 9.07. The molecule has 120 valence electrons. The van der Waals surface area contributed by atoms with E-state index in [9.17, 15) is 0 Å². The molecule has 2 aromatic rings. The maximum atomic E-state index is 4.39. The highest BCUT2D eigenvalue weighted by Crippen LogP contribution is 2.12. The van der Waals surface area contributed by atoms with Gasteiger partial charge in [0.05, 0.1) is 6.54 Å². The fourth-order valence-electron chi connectivity index (χ4n) is 1.94. The number of aliphatic imine (C=N–C) groups is 1. The van der Waals surface area contributed by atoms with E-state index in [-0.39, 0.29) is 24.0 Å². The van der Waals surface area contributed by atoms with Gasteiger partial charge in [0.1, 0.15) is 5.01 Å². The average Bonchev–Trinajstić information content (AvgIpc) is 3.00. The first-order valence-electron chi connectivity index (χ1n) is 7.24. The van der Waals surface area contributed by atoms with Gasteiger partial charge in [-0.2, -0.15) is 0 Å². The summed E-state index contributed by atoms with van der Waals surface area (Å²) in [6.07, 6.45) is 3.98. The van der Waals surface area contributed by atoms with Crippen molar-refractivity contribution < 1.29 is 0 Å². The van der Waals surface area contributed by atoms with Crippen LogP contribution in [0.3, 0.4) is 0 Å². The Morgan fingerprint density at radius 2 is 2.00 bits per heavy atom. The number of nitrogens with one attached hydrogen (secondary N) is 2. The number of nitrogens with zero attached hydrogens (tertiary/aromatic N) is 2. The summed E-state index contributed by atoms with van der Waals surface area (Å²) in [6.45, 7) is 3.73. The van der Waals surface area contributed by atoms with E-state index in [1.165, 1.54) is 10.4 Å². The third-order valence-electron chi connectivity index (χ3n) is 3.13. The summed E-state index contributed by atoms with van der Waals surface area (Å²) >= 11 is 1.75. The van der Waals surface area contributed by atoms with E-state index in [1.807, 2.05) is 12.3 Å². The minimum atomic E-state index is 0. The average molecular weight is 430 g/mol. The van der Waals surface area contributed by atoms with Gasteiger partial charge in [0, 0.05) is 24.7 Å². The van der Waals surface area contributed by atoms with Gasteiger partial charge in [0.15, 0.2) is 5.96 Å². The molecule has 0 saturated carbocycles. The van der Waals surface area contributed by atoms with E-state index >= 15 is 0 Å². The van der Waals surface area contributed by atoms with Crippen molar-refractivity contribution in [3.8, 4) is 0 Å². The Labute approximate surface area is 153 Å². The molecule has 6 heteroatoms. The monoisotopic (exact) mass is 430 g/mol. The quantitative estimate of drug-likeness (QED) is 0.421. The molecule has 2 rings (SSSR count). The molecule has 0 amide bonds. The molecule has 0 unspecified atom stereocenters. The lowest BCUT2D eigenvalue weighted by Gasteiger charge is -2.10. The second kappa shape index (κ2) is 10.6. The lowest BCUT2D eigenvalue weighted by atomic mass is 10.1. The van der Waals surface area contributed by atoms with Crippen LogP contribution in [0.25, 0.3) is 0 Å². The molecule has 0 fully saturated rings. The number of halogens is 1. The van der Waals surface area contributed by atoms with Gasteiger partial charge in [-0.25, -0.2) is 4.98 Å². The first-order chi connectivity index (χ1) is 10.3. The summed E-state index contributed by atoms with van der Waals surface area (Å²) < 4.78 is 0. The zero-order chi connectivity index (χ0) is 14.9. The number of guanidine groups is 1. The predicted molar refractivity (Wildman–Crippen MR) is 105 cm³/mol. The second-order valence-corrected chi connectivity index (χ2v) is 5.86. The minimum Gasteiger partial charge on any atom is -0.356 e. The highest BCUT2D eigenvalue weighted by molar-refractivity contribution is 14.0. The van der Waals surface area contributed by atoms with Gasteiger partial charge in [0.25, 0.3) is 0 Å². The highest BCUT2D eigenvalue weighted by Gasteiger charge is 2.02. The van der Waals surface area contributed by atoms with Crippen LogP contribution in [-0.4, -0.2) is 24.5 Å². The topological polar surface area (TPSA) is 49.3 Å². The lowest BCUT2D eigenvalue weighted by molar-refractivity contribution is 0.791. The van der Waals surface area contributed by atoms with Crippen LogP contribution in [0.2, 0.25) is 0 Å². The van der Waals surface area contributed by atoms with Crippen molar-refractivity contribution in [3.05, 3.63) is 52.0 Å². The molecular weight excluding hydrogens is 407 g/mol. The van der Waals surface area contributed by atoms with Gasteiger partial charge in [-0.05, 0) is 18.4 Å². The number of rotatable bonds is 6. The number of aryl methyl sites for hydroxylation is 1. The molecule has 0 bridgehead atoms. The van der Waals surface area contributed by atoms with Crippen LogP contribution in [0.15, 0.2) is 41.5 Å². The van der Waals surface area contributed by atoms with Gasteiger partial charge < -0.3 is 10.6 Å². The van der Waals surface area contributed by atoms with Gasteiger partial charge >= 0.3 is 0 Å². The maximum absolute atomic E-state index is 4.39. The summed E-state index contributed by atoms with van der Waals surface area (Å²) in [5.74, 6) is 0.819. The number of hydrogen-bond donors (Lipinski definition) is 2. The summed E-state index contributed by atoms with van der Waals surface area (Å²) in [5.41, 5.74) is 1.33. The number of thiazole rings is 1. The number of benzene rings is 1.